The average Bonchev–Trinajstić information content (AvgIpc) is 2.49. The van der Waals surface area contributed by atoms with E-state index in [1.54, 1.807) is 18.5 Å². The number of allylic oxidation sites excluding steroid dienone is 1. The Morgan fingerprint density at radius 2 is 1.90 bits per heavy atom. The van der Waals surface area contributed by atoms with Gasteiger partial charge in [0.1, 0.15) is 5.75 Å². The van der Waals surface area contributed by atoms with E-state index in [4.69, 9.17) is 9.84 Å². The van der Waals surface area contributed by atoms with E-state index in [0.717, 1.165) is 11.1 Å². The third-order valence-corrected chi connectivity index (χ3v) is 2.77. The molecule has 0 saturated heterocycles. The summed E-state index contributed by atoms with van der Waals surface area (Å²) >= 11 is 0. The van der Waals surface area contributed by atoms with Crippen molar-refractivity contribution in [3.05, 3.63) is 54.1 Å². The van der Waals surface area contributed by atoms with Crippen molar-refractivity contribution in [1.29, 1.82) is 0 Å². The van der Waals surface area contributed by atoms with Gasteiger partial charge in [0.25, 0.3) is 0 Å². The van der Waals surface area contributed by atoms with Gasteiger partial charge in [-0.25, -0.2) is 9.97 Å². The van der Waals surface area contributed by atoms with Crippen molar-refractivity contribution in [3.8, 4) is 5.75 Å². The second kappa shape index (κ2) is 7.19. The highest BCUT2D eigenvalue weighted by atomic mass is 16.5. The number of benzene rings is 1. The van der Waals surface area contributed by atoms with Gasteiger partial charge in [0, 0.05) is 12.4 Å². The monoisotopic (exact) mass is 284 g/mol. The fourth-order valence-electron chi connectivity index (χ4n) is 1.73. The first-order valence-corrected chi connectivity index (χ1v) is 6.55. The summed E-state index contributed by atoms with van der Waals surface area (Å²) in [7, 11) is 0. The maximum atomic E-state index is 10.4. The number of nitrogens with zero attached hydrogens (tertiary/aromatic N) is 2. The number of hydrogen-bond donors (Lipinski definition) is 1. The second-order valence-electron chi connectivity index (χ2n) is 4.46. The number of carboxylic acid groups (broad SMARTS) is 1. The molecular formula is C16H16N2O3. The molecule has 0 aliphatic carbocycles. The number of carbonyl (C=O) groups is 1. The van der Waals surface area contributed by atoms with Crippen LogP contribution in [0.25, 0.3) is 11.6 Å². The van der Waals surface area contributed by atoms with Crippen LogP contribution >= 0.6 is 0 Å². The largest absolute Gasteiger partial charge is 0.493 e. The molecule has 0 unspecified atom stereocenters. The topological polar surface area (TPSA) is 72.3 Å². The average molecular weight is 284 g/mol. The number of aliphatic carboxylic acids is 1. The smallest absolute Gasteiger partial charge is 0.306 e. The molecule has 0 spiro atoms. The molecular weight excluding hydrogens is 268 g/mol. The van der Waals surface area contributed by atoms with Crippen LogP contribution in [-0.2, 0) is 4.79 Å². The molecule has 2 rings (SSSR count). The predicted octanol–water partition coefficient (Wildman–Crippen LogP) is 2.89. The maximum Gasteiger partial charge on any atom is 0.306 e. The van der Waals surface area contributed by atoms with Gasteiger partial charge in [0.2, 0.25) is 0 Å². The molecule has 0 amide bonds. The van der Waals surface area contributed by atoms with E-state index in [0.29, 0.717) is 11.6 Å². The van der Waals surface area contributed by atoms with E-state index in [9.17, 15) is 4.79 Å². The van der Waals surface area contributed by atoms with Gasteiger partial charge in [-0.05, 0) is 42.3 Å². The minimum absolute atomic E-state index is 0.00783. The molecule has 0 aliphatic heterocycles. The molecule has 1 heterocycles. The summed E-state index contributed by atoms with van der Waals surface area (Å²) in [6.07, 6.45) is 5.39. The molecule has 1 aromatic carbocycles. The molecule has 108 valence electrons. The highest BCUT2D eigenvalue weighted by molar-refractivity contribution is 5.77. The number of ether oxygens (including phenoxy) is 1. The van der Waals surface area contributed by atoms with E-state index in [1.807, 2.05) is 37.3 Å². The molecule has 0 bridgehead atoms. The fourth-order valence-corrected chi connectivity index (χ4v) is 1.73. The minimum Gasteiger partial charge on any atom is -0.493 e. The lowest BCUT2D eigenvalue weighted by molar-refractivity contribution is -0.137. The van der Waals surface area contributed by atoms with Crippen LogP contribution in [0.5, 0.6) is 5.75 Å². The summed E-state index contributed by atoms with van der Waals surface area (Å²) in [4.78, 5) is 18.8. The number of aromatic nitrogens is 2. The Bertz CT molecular complexity index is 622. The zero-order valence-electron chi connectivity index (χ0n) is 11.7. The first-order chi connectivity index (χ1) is 10.1. The molecule has 21 heavy (non-hydrogen) atoms. The Morgan fingerprint density at radius 1 is 1.24 bits per heavy atom. The molecule has 1 N–H and O–H groups in total. The van der Waals surface area contributed by atoms with Gasteiger partial charge in [-0.2, -0.15) is 0 Å². The molecule has 0 atom stereocenters. The van der Waals surface area contributed by atoms with Crippen LogP contribution in [0.15, 0.2) is 42.7 Å². The van der Waals surface area contributed by atoms with Crippen LogP contribution in [-0.4, -0.2) is 27.7 Å². The van der Waals surface area contributed by atoms with Crippen molar-refractivity contribution in [2.45, 2.75) is 13.3 Å². The summed E-state index contributed by atoms with van der Waals surface area (Å²) in [5, 5.41) is 8.54. The molecule has 5 nitrogen and oxygen atoms in total. The van der Waals surface area contributed by atoms with E-state index < -0.39 is 5.97 Å². The van der Waals surface area contributed by atoms with Gasteiger partial charge in [0.15, 0.2) is 5.82 Å². The molecule has 0 radical (unpaired) electrons. The van der Waals surface area contributed by atoms with Crippen molar-refractivity contribution >= 4 is 17.6 Å². The maximum absolute atomic E-state index is 10.4. The first kappa shape index (κ1) is 14.7. The number of hydrogen-bond acceptors (Lipinski definition) is 4. The molecule has 5 heteroatoms. The summed E-state index contributed by atoms with van der Waals surface area (Å²) < 4.78 is 5.34. The summed E-state index contributed by atoms with van der Waals surface area (Å²) in [6.45, 7) is 2.12. The molecule has 0 fully saturated rings. The highest BCUT2D eigenvalue weighted by Gasteiger charge is 2.00. The van der Waals surface area contributed by atoms with Gasteiger partial charge < -0.3 is 9.84 Å². The Balaban J connectivity index is 2.00. The van der Waals surface area contributed by atoms with Crippen LogP contribution in [0, 0.1) is 0 Å². The highest BCUT2D eigenvalue weighted by Crippen LogP contribution is 2.17. The van der Waals surface area contributed by atoms with Crippen molar-refractivity contribution in [2.75, 3.05) is 6.61 Å². The van der Waals surface area contributed by atoms with Gasteiger partial charge in [-0.15, -0.1) is 0 Å². The van der Waals surface area contributed by atoms with Crippen LogP contribution < -0.4 is 4.74 Å². The standard InChI is InChI=1S/C16H16N2O3/c1-12(16-17-8-2-9-18-16)11-13-3-5-14(6-4-13)21-10-7-15(19)20/h2-6,8-9,11H,7,10H2,1H3,(H,19,20). The van der Waals surface area contributed by atoms with Crippen molar-refractivity contribution in [1.82, 2.24) is 9.97 Å². The number of carboxylic acids is 1. The zero-order valence-corrected chi connectivity index (χ0v) is 11.7. The normalized spacial score (nSPS) is 11.2. The third-order valence-electron chi connectivity index (χ3n) is 2.77. The third kappa shape index (κ3) is 4.72. The van der Waals surface area contributed by atoms with Crippen LogP contribution in [0.3, 0.4) is 0 Å². The quantitative estimate of drug-likeness (QED) is 0.883. The van der Waals surface area contributed by atoms with Gasteiger partial charge in [0.05, 0.1) is 13.0 Å². The lowest BCUT2D eigenvalue weighted by Gasteiger charge is -2.05. The molecule has 1 aromatic heterocycles. The lowest BCUT2D eigenvalue weighted by atomic mass is 10.1. The van der Waals surface area contributed by atoms with Crippen molar-refractivity contribution in [2.24, 2.45) is 0 Å². The Labute approximate surface area is 122 Å². The Hall–Kier alpha value is -2.69. The molecule has 0 aliphatic rings. The zero-order chi connectivity index (χ0) is 15.1. The lowest BCUT2D eigenvalue weighted by Crippen LogP contribution is -2.04. The second-order valence-corrected chi connectivity index (χ2v) is 4.46. The SMILES string of the molecule is CC(=Cc1ccc(OCCC(=O)O)cc1)c1ncccn1. The summed E-state index contributed by atoms with van der Waals surface area (Å²) in [5.41, 5.74) is 1.97. The fraction of sp³-hybridized carbons (Fsp3) is 0.188. The van der Waals surface area contributed by atoms with Crippen LogP contribution in [0.2, 0.25) is 0 Å². The molecule has 0 saturated carbocycles. The molecule has 2 aromatic rings. The summed E-state index contributed by atoms with van der Waals surface area (Å²) in [6, 6.07) is 9.21. The van der Waals surface area contributed by atoms with Gasteiger partial charge >= 0.3 is 5.97 Å². The van der Waals surface area contributed by atoms with Gasteiger partial charge in [-0.1, -0.05) is 12.1 Å². The van der Waals surface area contributed by atoms with Crippen molar-refractivity contribution < 1.29 is 14.6 Å². The van der Waals surface area contributed by atoms with Crippen LogP contribution in [0.4, 0.5) is 0 Å². The van der Waals surface area contributed by atoms with E-state index in [1.165, 1.54) is 0 Å². The van der Waals surface area contributed by atoms with E-state index in [2.05, 4.69) is 9.97 Å². The van der Waals surface area contributed by atoms with Crippen molar-refractivity contribution in [3.63, 3.8) is 0 Å². The Morgan fingerprint density at radius 3 is 2.52 bits per heavy atom. The summed E-state index contributed by atoms with van der Waals surface area (Å²) in [5.74, 6) is 0.481. The number of rotatable bonds is 6. The first-order valence-electron chi connectivity index (χ1n) is 6.55. The van der Waals surface area contributed by atoms with Crippen LogP contribution in [0.1, 0.15) is 24.7 Å². The predicted molar refractivity (Wildman–Crippen MR) is 79.8 cm³/mol. The Kier molecular flexibility index (Phi) is 5.04. The minimum atomic E-state index is -0.868. The van der Waals surface area contributed by atoms with E-state index >= 15 is 0 Å². The van der Waals surface area contributed by atoms with E-state index in [-0.39, 0.29) is 13.0 Å². The van der Waals surface area contributed by atoms with Gasteiger partial charge in [-0.3, -0.25) is 4.79 Å².